The lowest BCUT2D eigenvalue weighted by Gasteiger charge is -2.11. The third-order valence-electron chi connectivity index (χ3n) is 2.52. The second-order valence-corrected chi connectivity index (χ2v) is 4.60. The smallest absolute Gasteiger partial charge is 0.343 e. The molecule has 1 aromatic heterocycles. The van der Waals surface area contributed by atoms with E-state index < -0.39 is 5.97 Å². The van der Waals surface area contributed by atoms with Crippen molar-refractivity contribution in [1.82, 2.24) is 9.82 Å². The van der Waals surface area contributed by atoms with Crippen molar-refractivity contribution in [1.29, 1.82) is 0 Å². The Hall–Kier alpha value is -2.34. The number of rotatable bonds is 2. The van der Waals surface area contributed by atoms with E-state index in [2.05, 4.69) is 14.9 Å². The van der Waals surface area contributed by atoms with Gasteiger partial charge in [0, 0.05) is 34.8 Å². The number of pyridine rings is 1. The molecule has 3 rings (SSSR count). The molecule has 1 aliphatic rings. The van der Waals surface area contributed by atoms with Crippen molar-refractivity contribution in [3.05, 3.63) is 53.9 Å². The molecule has 94 valence electrons. The van der Waals surface area contributed by atoms with Crippen molar-refractivity contribution in [2.45, 2.75) is 4.90 Å². The SMILES string of the molecule is O=C(Oc1ccc2c(c1)SNN=C2)c1ccncc1. The molecule has 0 unspecified atom stereocenters. The van der Waals surface area contributed by atoms with Crippen molar-refractivity contribution in [2.75, 3.05) is 0 Å². The van der Waals surface area contributed by atoms with E-state index in [1.165, 1.54) is 11.9 Å². The van der Waals surface area contributed by atoms with Crippen LogP contribution in [0.2, 0.25) is 0 Å². The lowest BCUT2D eigenvalue weighted by Crippen LogP contribution is -2.09. The van der Waals surface area contributed by atoms with Gasteiger partial charge in [-0.2, -0.15) is 5.10 Å². The Morgan fingerprint density at radius 2 is 2.05 bits per heavy atom. The standard InChI is InChI=1S/C13H9N3O2S/c17-13(9-3-5-14-6-4-9)18-11-2-1-10-8-15-16-19-12(10)7-11/h1-8,16H. The monoisotopic (exact) mass is 271 g/mol. The van der Waals surface area contributed by atoms with Crippen LogP contribution in [0.25, 0.3) is 0 Å². The molecule has 1 N–H and O–H groups in total. The van der Waals surface area contributed by atoms with E-state index in [-0.39, 0.29) is 0 Å². The maximum atomic E-state index is 11.9. The van der Waals surface area contributed by atoms with Gasteiger partial charge in [0.05, 0.1) is 11.8 Å². The second-order valence-electron chi connectivity index (χ2n) is 3.78. The number of hydrogen-bond acceptors (Lipinski definition) is 6. The summed E-state index contributed by atoms with van der Waals surface area (Å²) in [6.07, 6.45) is 4.83. The van der Waals surface area contributed by atoms with Crippen LogP contribution in [0, 0.1) is 0 Å². The largest absolute Gasteiger partial charge is 0.423 e. The number of carbonyl (C=O) groups is 1. The van der Waals surface area contributed by atoms with Crippen LogP contribution in [0.4, 0.5) is 0 Å². The summed E-state index contributed by atoms with van der Waals surface area (Å²) >= 11 is 1.38. The lowest BCUT2D eigenvalue weighted by atomic mass is 10.2. The molecule has 0 spiro atoms. The predicted molar refractivity (Wildman–Crippen MR) is 72.2 cm³/mol. The molecule has 2 aromatic rings. The Balaban J connectivity index is 1.81. The Bertz CT molecular complexity index is 644. The van der Waals surface area contributed by atoms with Crippen molar-refractivity contribution in [3.63, 3.8) is 0 Å². The summed E-state index contributed by atoms with van der Waals surface area (Å²) in [4.78, 5) is 19.5. The van der Waals surface area contributed by atoms with E-state index in [1.54, 1.807) is 42.9 Å². The molecule has 0 atom stereocenters. The maximum Gasteiger partial charge on any atom is 0.343 e. The third-order valence-corrected chi connectivity index (χ3v) is 3.29. The van der Waals surface area contributed by atoms with Crippen LogP contribution in [0.1, 0.15) is 15.9 Å². The molecule has 0 fully saturated rings. The normalized spacial score (nSPS) is 12.4. The van der Waals surface area contributed by atoms with Crippen LogP contribution in [-0.4, -0.2) is 17.2 Å². The Morgan fingerprint density at radius 3 is 2.89 bits per heavy atom. The molecule has 19 heavy (non-hydrogen) atoms. The number of hydrazone groups is 1. The van der Waals surface area contributed by atoms with Gasteiger partial charge in [-0.15, -0.1) is 0 Å². The van der Waals surface area contributed by atoms with E-state index in [9.17, 15) is 4.79 Å². The van der Waals surface area contributed by atoms with Gasteiger partial charge in [-0.1, -0.05) is 0 Å². The number of ether oxygens (including phenoxy) is 1. The first kappa shape index (κ1) is 11.7. The highest BCUT2D eigenvalue weighted by atomic mass is 32.2. The zero-order valence-corrected chi connectivity index (χ0v) is 10.6. The number of carbonyl (C=O) groups excluding carboxylic acids is 1. The van der Waals surface area contributed by atoms with Gasteiger partial charge >= 0.3 is 5.97 Å². The van der Waals surface area contributed by atoms with Crippen molar-refractivity contribution >= 4 is 24.1 Å². The van der Waals surface area contributed by atoms with Crippen LogP contribution in [0.15, 0.2) is 52.7 Å². The molecule has 0 amide bonds. The molecular weight excluding hydrogens is 262 g/mol. The zero-order valence-electron chi connectivity index (χ0n) is 9.74. The van der Waals surface area contributed by atoms with E-state index >= 15 is 0 Å². The van der Waals surface area contributed by atoms with Gasteiger partial charge in [0.25, 0.3) is 0 Å². The first-order valence-corrected chi connectivity index (χ1v) is 6.36. The van der Waals surface area contributed by atoms with Gasteiger partial charge in [0.2, 0.25) is 0 Å². The number of nitrogens with one attached hydrogen (secondary N) is 1. The highest BCUT2D eigenvalue weighted by molar-refractivity contribution is 7.97. The number of aromatic nitrogens is 1. The first-order chi connectivity index (χ1) is 9.33. The summed E-state index contributed by atoms with van der Waals surface area (Å²) in [6.45, 7) is 0. The fraction of sp³-hybridized carbons (Fsp3) is 0. The third kappa shape index (κ3) is 2.58. The lowest BCUT2D eigenvalue weighted by molar-refractivity contribution is 0.0734. The summed E-state index contributed by atoms with van der Waals surface area (Å²) in [5.74, 6) is 0.106. The van der Waals surface area contributed by atoms with Crippen molar-refractivity contribution < 1.29 is 9.53 Å². The van der Waals surface area contributed by atoms with E-state index in [1.807, 2.05) is 6.07 Å². The fourth-order valence-electron chi connectivity index (χ4n) is 1.60. The number of hydrogen-bond donors (Lipinski definition) is 1. The van der Waals surface area contributed by atoms with E-state index in [0.717, 1.165) is 10.5 Å². The summed E-state index contributed by atoms with van der Waals surface area (Å²) < 4.78 is 5.31. The Morgan fingerprint density at radius 1 is 1.21 bits per heavy atom. The van der Waals surface area contributed by atoms with Gasteiger partial charge in [0.1, 0.15) is 5.75 Å². The van der Waals surface area contributed by atoms with E-state index in [4.69, 9.17) is 4.74 Å². The minimum atomic E-state index is -0.398. The molecule has 0 radical (unpaired) electrons. The van der Waals surface area contributed by atoms with Crippen LogP contribution in [0.5, 0.6) is 5.75 Å². The first-order valence-electron chi connectivity index (χ1n) is 5.54. The molecule has 0 bridgehead atoms. The van der Waals surface area contributed by atoms with Gasteiger partial charge < -0.3 is 4.74 Å². The number of benzene rings is 1. The Labute approximate surface area is 113 Å². The van der Waals surface area contributed by atoms with E-state index in [0.29, 0.717) is 11.3 Å². The second kappa shape index (κ2) is 5.11. The van der Waals surface area contributed by atoms with Crippen LogP contribution in [0.3, 0.4) is 0 Å². The summed E-state index contributed by atoms with van der Waals surface area (Å²) in [5, 5.41) is 3.93. The molecule has 6 heteroatoms. The molecular formula is C13H9N3O2S. The van der Waals surface area contributed by atoms with Crippen molar-refractivity contribution in [2.24, 2.45) is 5.10 Å². The zero-order chi connectivity index (χ0) is 13.1. The highest BCUT2D eigenvalue weighted by Crippen LogP contribution is 2.27. The summed E-state index contributed by atoms with van der Waals surface area (Å²) in [6, 6.07) is 8.64. The number of esters is 1. The summed E-state index contributed by atoms with van der Waals surface area (Å²) in [5.41, 5.74) is 1.47. The molecule has 0 saturated heterocycles. The topological polar surface area (TPSA) is 63.6 Å². The molecule has 0 saturated carbocycles. The summed E-state index contributed by atoms with van der Waals surface area (Å²) in [7, 11) is 0. The molecule has 1 aromatic carbocycles. The number of nitrogens with zero attached hydrogens (tertiary/aromatic N) is 2. The molecule has 1 aliphatic heterocycles. The van der Waals surface area contributed by atoms with Gasteiger partial charge in [-0.3, -0.25) is 4.98 Å². The number of fused-ring (bicyclic) bond motifs is 1. The maximum absolute atomic E-state index is 11.9. The van der Waals surface area contributed by atoms with Crippen LogP contribution >= 0.6 is 11.9 Å². The van der Waals surface area contributed by atoms with Gasteiger partial charge in [-0.05, 0) is 30.3 Å². The average molecular weight is 271 g/mol. The minimum absolute atomic E-state index is 0.398. The van der Waals surface area contributed by atoms with Crippen LogP contribution in [-0.2, 0) is 0 Å². The molecule has 0 aliphatic carbocycles. The predicted octanol–water partition coefficient (Wildman–Crippen LogP) is 2.25. The highest BCUT2D eigenvalue weighted by Gasteiger charge is 2.11. The van der Waals surface area contributed by atoms with Crippen LogP contribution < -0.4 is 9.57 Å². The molecule has 5 nitrogen and oxygen atoms in total. The van der Waals surface area contributed by atoms with Crippen molar-refractivity contribution in [3.8, 4) is 5.75 Å². The average Bonchev–Trinajstić information content (AvgIpc) is 2.48. The minimum Gasteiger partial charge on any atom is -0.423 e. The fourth-order valence-corrected chi connectivity index (χ4v) is 2.22. The Kier molecular flexibility index (Phi) is 3.16. The van der Waals surface area contributed by atoms with Gasteiger partial charge in [0.15, 0.2) is 0 Å². The quantitative estimate of drug-likeness (QED) is 0.515. The van der Waals surface area contributed by atoms with Gasteiger partial charge in [-0.25, -0.2) is 9.63 Å². The molecule has 2 heterocycles.